The third kappa shape index (κ3) is 8.80. The molecule has 1 rings (SSSR count). The van der Waals surface area contributed by atoms with E-state index in [9.17, 15) is 0 Å². The molecule has 0 saturated carbocycles. The smallest absolute Gasteiger partial charge is 0.0546 e. The molecule has 3 heteroatoms. The molecule has 0 aromatic heterocycles. The molecule has 1 fully saturated rings. The second kappa shape index (κ2) is 12.4. The highest BCUT2D eigenvalue weighted by Crippen LogP contribution is 2.15. The van der Waals surface area contributed by atoms with Gasteiger partial charge in [0, 0.05) is 25.7 Å². The molecule has 0 bridgehead atoms. The number of nitrogens with two attached hydrogens (primary N) is 1. The highest BCUT2D eigenvalue weighted by molar-refractivity contribution is 4.81. The Morgan fingerprint density at radius 3 is 2.14 bits per heavy atom. The largest absolute Gasteiger partial charge is 0.316 e. The van der Waals surface area contributed by atoms with Gasteiger partial charge in [0.25, 0.3) is 0 Å². The number of rotatable bonds is 12. The van der Waals surface area contributed by atoms with Gasteiger partial charge in [-0.1, -0.05) is 71.1 Å². The maximum Gasteiger partial charge on any atom is 0.0546 e. The zero-order valence-electron chi connectivity index (χ0n) is 14.6. The Balaban J connectivity index is 1.93. The topological polar surface area (TPSA) is 41.3 Å². The standard InChI is InChI=1S/C18H39N3/c1-3-4-5-6-7-8-9-10-11-12-13-18-16-20-14-15-21(18)17(2)19/h17-18,20H,3-16,19H2,1-2H3. The lowest BCUT2D eigenvalue weighted by Gasteiger charge is -2.38. The summed E-state index contributed by atoms with van der Waals surface area (Å²) in [6, 6.07) is 0.660. The summed E-state index contributed by atoms with van der Waals surface area (Å²) in [4.78, 5) is 2.48. The summed E-state index contributed by atoms with van der Waals surface area (Å²) in [5, 5.41) is 3.51. The number of nitrogens with zero attached hydrogens (tertiary/aromatic N) is 1. The zero-order chi connectivity index (χ0) is 15.3. The van der Waals surface area contributed by atoms with Crippen molar-refractivity contribution in [2.75, 3.05) is 19.6 Å². The zero-order valence-corrected chi connectivity index (χ0v) is 14.6. The molecule has 126 valence electrons. The van der Waals surface area contributed by atoms with Crippen LogP contribution in [-0.2, 0) is 0 Å². The number of hydrogen-bond donors (Lipinski definition) is 2. The Bertz CT molecular complexity index is 231. The molecule has 1 aliphatic rings. The summed E-state index contributed by atoms with van der Waals surface area (Å²) in [6.45, 7) is 7.74. The van der Waals surface area contributed by atoms with E-state index in [0.717, 1.165) is 19.6 Å². The van der Waals surface area contributed by atoms with Gasteiger partial charge in [-0.25, -0.2) is 0 Å². The van der Waals surface area contributed by atoms with Gasteiger partial charge in [-0.15, -0.1) is 0 Å². The van der Waals surface area contributed by atoms with Crippen LogP contribution >= 0.6 is 0 Å². The molecule has 0 aromatic carbocycles. The Hall–Kier alpha value is -0.120. The Labute approximate surface area is 133 Å². The minimum absolute atomic E-state index is 0.209. The Morgan fingerprint density at radius 1 is 1.00 bits per heavy atom. The predicted octanol–water partition coefficient (Wildman–Crippen LogP) is 3.88. The van der Waals surface area contributed by atoms with Crippen molar-refractivity contribution in [3.8, 4) is 0 Å². The summed E-state index contributed by atoms with van der Waals surface area (Å²) in [5.41, 5.74) is 6.08. The van der Waals surface area contributed by atoms with Crippen molar-refractivity contribution in [1.82, 2.24) is 10.2 Å². The van der Waals surface area contributed by atoms with E-state index in [2.05, 4.69) is 24.1 Å². The van der Waals surface area contributed by atoms with Gasteiger partial charge in [-0.2, -0.15) is 0 Å². The predicted molar refractivity (Wildman–Crippen MR) is 93.5 cm³/mol. The van der Waals surface area contributed by atoms with Crippen molar-refractivity contribution in [2.45, 2.75) is 96.7 Å². The van der Waals surface area contributed by atoms with Crippen LogP contribution in [0.25, 0.3) is 0 Å². The SMILES string of the molecule is CCCCCCCCCCCCC1CNCCN1C(C)N. The normalized spacial score (nSPS) is 21.6. The van der Waals surface area contributed by atoms with Crippen LogP contribution in [0.5, 0.6) is 0 Å². The van der Waals surface area contributed by atoms with Crippen LogP contribution in [0.1, 0.15) is 84.5 Å². The number of hydrogen-bond acceptors (Lipinski definition) is 3. The van der Waals surface area contributed by atoms with Crippen molar-refractivity contribution in [1.29, 1.82) is 0 Å². The minimum Gasteiger partial charge on any atom is -0.316 e. The van der Waals surface area contributed by atoms with E-state index in [1.807, 2.05) is 0 Å². The lowest BCUT2D eigenvalue weighted by atomic mass is 10.0. The first-order chi connectivity index (χ1) is 10.3. The number of piperazine rings is 1. The molecular formula is C18H39N3. The fourth-order valence-electron chi connectivity index (χ4n) is 3.45. The van der Waals surface area contributed by atoms with Gasteiger partial charge >= 0.3 is 0 Å². The van der Waals surface area contributed by atoms with Gasteiger partial charge in [0.05, 0.1) is 6.17 Å². The third-order valence-electron chi connectivity index (χ3n) is 4.81. The molecule has 0 radical (unpaired) electrons. The lowest BCUT2D eigenvalue weighted by molar-refractivity contribution is 0.109. The number of unbranched alkanes of at least 4 members (excludes halogenated alkanes) is 9. The Morgan fingerprint density at radius 2 is 1.57 bits per heavy atom. The van der Waals surface area contributed by atoms with Gasteiger partial charge in [0.15, 0.2) is 0 Å². The van der Waals surface area contributed by atoms with Gasteiger partial charge in [-0.05, 0) is 13.3 Å². The average molecular weight is 298 g/mol. The van der Waals surface area contributed by atoms with E-state index in [0.29, 0.717) is 6.04 Å². The first-order valence-corrected chi connectivity index (χ1v) is 9.47. The second-order valence-electron chi connectivity index (χ2n) is 6.81. The van der Waals surface area contributed by atoms with Crippen molar-refractivity contribution in [3.05, 3.63) is 0 Å². The fourth-order valence-corrected chi connectivity index (χ4v) is 3.45. The minimum atomic E-state index is 0.209. The summed E-state index contributed by atoms with van der Waals surface area (Å²) in [6.07, 6.45) is 15.7. The molecule has 3 N–H and O–H groups in total. The molecule has 2 atom stereocenters. The van der Waals surface area contributed by atoms with Gasteiger partial charge < -0.3 is 11.1 Å². The maximum absolute atomic E-state index is 6.08. The van der Waals surface area contributed by atoms with Crippen LogP contribution in [0, 0.1) is 0 Å². The van der Waals surface area contributed by atoms with Crippen molar-refractivity contribution in [2.24, 2.45) is 5.73 Å². The Kier molecular flexibility index (Phi) is 11.2. The van der Waals surface area contributed by atoms with Crippen molar-refractivity contribution >= 4 is 0 Å². The monoisotopic (exact) mass is 297 g/mol. The van der Waals surface area contributed by atoms with Gasteiger partial charge in [0.1, 0.15) is 0 Å². The van der Waals surface area contributed by atoms with Crippen LogP contribution in [0.3, 0.4) is 0 Å². The molecule has 0 spiro atoms. The molecule has 1 saturated heterocycles. The third-order valence-corrected chi connectivity index (χ3v) is 4.81. The van der Waals surface area contributed by atoms with Crippen LogP contribution < -0.4 is 11.1 Å². The van der Waals surface area contributed by atoms with Crippen LogP contribution in [0.2, 0.25) is 0 Å². The van der Waals surface area contributed by atoms with E-state index in [4.69, 9.17) is 5.73 Å². The van der Waals surface area contributed by atoms with E-state index in [1.54, 1.807) is 0 Å². The van der Waals surface area contributed by atoms with Gasteiger partial charge in [-0.3, -0.25) is 4.90 Å². The van der Waals surface area contributed by atoms with Gasteiger partial charge in [0.2, 0.25) is 0 Å². The van der Waals surface area contributed by atoms with E-state index in [1.165, 1.54) is 70.6 Å². The van der Waals surface area contributed by atoms with Crippen molar-refractivity contribution < 1.29 is 0 Å². The molecule has 21 heavy (non-hydrogen) atoms. The van der Waals surface area contributed by atoms with E-state index in [-0.39, 0.29) is 6.17 Å². The van der Waals surface area contributed by atoms with E-state index < -0.39 is 0 Å². The maximum atomic E-state index is 6.08. The molecule has 0 aromatic rings. The summed E-state index contributed by atoms with van der Waals surface area (Å²) >= 11 is 0. The van der Waals surface area contributed by atoms with Crippen molar-refractivity contribution in [3.63, 3.8) is 0 Å². The molecule has 1 heterocycles. The molecule has 1 aliphatic heterocycles. The molecule has 3 nitrogen and oxygen atoms in total. The second-order valence-corrected chi connectivity index (χ2v) is 6.81. The first kappa shape index (κ1) is 18.9. The number of nitrogens with one attached hydrogen (secondary N) is 1. The molecule has 2 unspecified atom stereocenters. The van der Waals surface area contributed by atoms with Crippen LogP contribution in [0.15, 0.2) is 0 Å². The quantitative estimate of drug-likeness (QED) is 0.537. The highest BCUT2D eigenvalue weighted by atomic mass is 15.3. The summed E-state index contributed by atoms with van der Waals surface area (Å²) in [7, 11) is 0. The first-order valence-electron chi connectivity index (χ1n) is 9.47. The molecular weight excluding hydrogens is 258 g/mol. The highest BCUT2D eigenvalue weighted by Gasteiger charge is 2.23. The van der Waals surface area contributed by atoms with E-state index >= 15 is 0 Å². The fraction of sp³-hybridized carbons (Fsp3) is 1.00. The molecule has 0 amide bonds. The molecule has 0 aliphatic carbocycles. The lowest BCUT2D eigenvalue weighted by Crippen LogP contribution is -2.56. The van der Waals surface area contributed by atoms with Crippen LogP contribution in [-0.4, -0.2) is 36.7 Å². The summed E-state index contributed by atoms with van der Waals surface area (Å²) < 4.78 is 0. The van der Waals surface area contributed by atoms with Crippen LogP contribution in [0.4, 0.5) is 0 Å². The average Bonchev–Trinajstić information content (AvgIpc) is 2.49. The summed E-state index contributed by atoms with van der Waals surface area (Å²) in [5.74, 6) is 0.